The van der Waals surface area contributed by atoms with Crippen LogP contribution in [0.5, 0.6) is 0 Å². The fraction of sp³-hybridized carbons (Fsp3) is 1.00. The van der Waals surface area contributed by atoms with Crippen LogP contribution in [0.25, 0.3) is 0 Å². The summed E-state index contributed by atoms with van der Waals surface area (Å²) in [6.45, 7) is 14.0. The largest absolute Gasteiger partial charge is 0.316 e. The highest BCUT2D eigenvalue weighted by Crippen LogP contribution is 2.32. The van der Waals surface area contributed by atoms with Crippen LogP contribution in [0.3, 0.4) is 0 Å². The number of rotatable bonds is 9. The van der Waals surface area contributed by atoms with E-state index in [2.05, 4.69) is 39.9 Å². The van der Waals surface area contributed by atoms with E-state index in [0.717, 1.165) is 12.5 Å². The van der Waals surface area contributed by atoms with Crippen LogP contribution in [0, 0.1) is 11.3 Å². The van der Waals surface area contributed by atoms with Crippen molar-refractivity contribution in [2.24, 2.45) is 11.3 Å². The Kier molecular flexibility index (Phi) is 8.13. The van der Waals surface area contributed by atoms with Crippen LogP contribution in [0.2, 0.25) is 0 Å². The van der Waals surface area contributed by atoms with E-state index in [9.17, 15) is 0 Å². The van der Waals surface area contributed by atoms with Crippen molar-refractivity contribution >= 4 is 0 Å². The number of hydrogen-bond acceptors (Lipinski definition) is 1. The monoisotopic (exact) mass is 213 g/mol. The van der Waals surface area contributed by atoms with Gasteiger partial charge in [0.25, 0.3) is 0 Å². The van der Waals surface area contributed by atoms with Crippen LogP contribution in [0.1, 0.15) is 66.7 Å². The molecule has 0 aliphatic rings. The molecule has 0 aliphatic carbocycles. The van der Waals surface area contributed by atoms with E-state index in [0.29, 0.717) is 5.41 Å². The molecule has 0 spiro atoms. The molecule has 1 nitrogen and oxygen atoms in total. The molecule has 1 atom stereocenters. The molecule has 0 fully saturated rings. The van der Waals surface area contributed by atoms with E-state index < -0.39 is 0 Å². The summed E-state index contributed by atoms with van der Waals surface area (Å²) in [5.41, 5.74) is 0.490. The van der Waals surface area contributed by atoms with Crippen LogP contribution in [0.4, 0.5) is 0 Å². The van der Waals surface area contributed by atoms with Gasteiger partial charge in [-0.2, -0.15) is 0 Å². The second-order valence-electron chi connectivity index (χ2n) is 5.44. The first kappa shape index (κ1) is 15.0. The van der Waals surface area contributed by atoms with E-state index in [1.54, 1.807) is 0 Å². The summed E-state index contributed by atoms with van der Waals surface area (Å²) in [7, 11) is 0. The third-order valence-corrected chi connectivity index (χ3v) is 3.70. The van der Waals surface area contributed by atoms with E-state index in [1.807, 2.05) is 0 Å². The van der Waals surface area contributed by atoms with Crippen molar-refractivity contribution < 1.29 is 0 Å². The zero-order valence-corrected chi connectivity index (χ0v) is 11.5. The quantitative estimate of drug-likeness (QED) is 0.565. The second-order valence-corrected chi connectivity index (χ2v) is 5.44. The Hall–Kier alpha value is -0.0400. The van der Waals surface area contributed by atoms with Crippen molar-refractivity contribution in [1.82, 2.24) is 5.32 Å². The Morgan fingerprint density at radius 1 is 1.07 bits per heavy atom. The Morgan fingerprint density at radius 2 is 1.73 bits per heavy atom. The Bertz CT molecular complexity index is 130. The lowest BCUT2D eigenvalue weighted by molar-refractivity contribution is 0.185. The van der Waals surface area contributed by atoms with Gasteiger partial charge >= 0.3 is 0 Å². The summed E-state index contributed by atoms with van der Waals surface area (Å²) in [4.78, 5) is 0. The highest BCUT2D eigenvalue weighted by Gasteiger charge is 2.26. The number of nitrogens with one attached hydrogen (secondary N) is 1. The first-order valence-corrected chi connectivity index (χ1v) is 6.77. The molecule has 1 unspecified atom stereocenters. The molecule has 0 amide bonds. The van der Waals surface area contributed by atoms with Crippen molar-refractivity contribution in [2.75, 3.05) is 13.1 Å². The lowest BCUT2D eigenvalue weighted by Gasteiger charge is -2.34. The van der Waals surface area contributed by atoms with Crippen LogP contribution in [-0.4, -0.2) is 13.1 Å². The normalized spacial score (nSPS) is 15.6. The van der Waals surface area contributed by atoms with Gasteiger partial charge in [0.2, 0.25) is 0 Å². The molecule has 0 saturated carbocycles. The van der Waals surface area contributed by atoms with Gasteiger partial charge in [-0.25, -0.2) is 0 Å². The third-order valence-electron chi connectivity index (χ3n) is 3.70. The second kappa shape index (κ2) is 8.15. The highest BCUT2D eigenvalue weighted by atomic mass is 14.9. The molecule has 0 bridgehead atoms. The molecule has 0 rings (SSSR count). The highest BCUT2D eigenvalue weighted by molar-refractivity contribution is 4.80. The smallest absolute Gasteiger partial charge is 0.000761 e. The molecule has 0 radical (unpaired) electrons. The number of hydrogen-bond donors (Lipinski definition) is 1. The van der Waals surface area contributed by atoms with Crippen molar-refractivity contribution in [3.8, 4) is 0 Å². The fourth-order valence-corrected chi connectivity index (χ4v) is 1.91. The summed E-state index contributed by atoms with van der Waals surface area (Å²) in [5.74, 6) is 0.777. The Labute approximate surface area is 97.0 Å². The maximum atomic E-state index is 3.58. The molecule has 0 saturated heterocycles. The van der Waals surface area contributed by atoms with Gasteiger partial charge in [0.1, 0.15) is 0 Å². The van der Waals surface area contributed by atoms with Crippen LogP contribution < -0.4 is 5.32 Å². The van der Waals surface area contributed by atoms with Crippen molar-refractivity contribution in [3.05, 3.63) is 0 Å². The van der Waals surface area contributed by atoms with Crippen LogP contribution in [-0.2, 0) is 0 Å². The van der Waals surface area contributed by atoms with Crippen LogP contribution >= 0.6 is 0 Å². The standard InChI is InChI=1S/C14H31N/c1-6-8-9-10-14(5,13(3)4)12-15-11-7-2/h13,15H,6-12H2,1-5H3. The number of unbranched alkanes of at least 4 members (excludes halogenated alkanes) is 2. The minimum Gasteiger partial charge on any atom is -0.316 e. The molecule has 92 valence electrons. The van der Waals surface area contributed by atoms with E-state index in [1.165, 1.54) is 38.6 Å². The van der Waals surface area contributed by atoms with Gasteiger partial charge in [-0.3, -0.25) is 0 Å². The molecule has 1 N–H and O–H groups in total. The first-order valence-electron chi connectivity index (χ1n) is 6.77. The molecule has 0 aromatic carbocycles. The van der Waals surface area contributed by atoms with Gasteiger partial charge in [0, 0.05) is 6.54 Å². The molecule has 0 aromatic rings. The minimum absolute atomic E-state index is 0.490. The predicted molar refractivity (Wildman–Crippen MR) is 70.2 cm³/mol. The zero-order chi connectivity index (χ0) is 11.7. The first-order chi connectivity index (χ1) is 7.06. The van der Waals surface area contributed by atoms with Crippen LogP contribution in [0.15, 0.2) is 0 Å². The fourth-order valence-electron chi connectivity index (χ4n) is 1.91. The summed E-state index contributed by atoms with van der Waals surface area (Å²) in [6, 6.07) is 0. The van der Waals surface area contributed by atoms with E-state index in [-0.39, 0.29) is 0 Å². The van der Waals surface area contributed by atoms with Gasteiger partial charge < -0.3 is 5.32 Å². The Morgan fingerprint density at radius 3 is 2.20 bits per heavy atom. The zero-order valence-electron chi connectivity index (χ0n) is 11.5. The van der Waals surface area contributed by atoms with E-state index >= 15 is 0 Å². The lowest BCUT2D eigenvalue weighted by atomic mass is 9.75. The maximum absolute atomic E-state index is 3.58. The SMILES string of the molecule is CCCCCC(C)(CNCCC)C(C)C. The topological polar surface area (TPSA) is 12.0 Å². The summed E-state index contributed by atoms with van der Waals surface area (Å²) < 4.78 is 0. The summed E-state index contributed by atoms with van der Waals surface area (Å²) >= 11 is 0. The summed E-state index contributed by atoms with van der Waals surface area (Å²) in [6.07, 6.45) is 6.71. The molecular weight excluding hydrogens is 182 g/mol. The molecule has 0 heterocycles. The lowest BCUT2D eigenvalue weighted by Crippen LogP contribution is -2.36. The summed E-state index contributed by atoms with van der Waals surface area (Å²) in [5, 5.41) is 3.58. The Balaban J connectivity index is 3.95. The molecular formula is C14H31N. The van der Waals surface area contributed by atoms with Crippen molar-refractivity contribution in [1.29, 1.82) is 0 Å². The molecule has 1 heteroatoms. The predicted octanol–water partition coefficient (Wildman–Crippen LogP) is 4.23. The third kappa shape index (κ3) is 6.19. The van der Waals surface area contributed by atoms with E-state index in [4.69, 9.17) is 0 Å². The maximum Gasteiger partial charge on any atom is 0.000761 e. The van der Waals surface area contributed by atoms with Gasteiger partial charge in [0.05, 0.1) is 0 Å². The molecule has 0 aromatic heterocycles. The average Bonchev–Trinajstić information content (AvgIpc) is 2.18. The van der Waals surface area contributed by atoms with Gasteiger partial charge in [-0.05, 0) is 30.7 Å². The van der Waals surface area contributed by atoms with Gasteiger partial charge in [-0.15, -0.1) is 0 Å². The van der Waals surface area contributed by atoms with Crippen molar-refractivity contribution in [3.63, 3.8) is 0 Å². The van der Waals surface area contributed by atoms with Crippen molar-refractivity contribution in [2.45, 2.75) is 66.7 Å². The van der Waals surface area contributed by atoms with Gasteiger partial charge in [-0.1, -0.05) is 53.9 Å². The minimum atomic E-state index is 0.490. The molecule has 15 heavy (non-hydrogen) atoms. The van der Waals surface area contributed by atoms with Gasteiger partial charge in [0.15, 0.2) is 0 Å². The average molecular weight is 213 g/mol. The molecule has 0 aliphatic heterocycles.